The highest BCUT2D eigenvalue weighted by atomic mass is 32.2. The Morgan fingerprint density at radius 3 is 1.45 bits per heavy atom. The molecule has 11 heteroatoms. The Bertz CT molecular complexity index is 531. The minimum Gasteiger partial charge on any atom is -0.460 e. The van der Waals surface area contributed by atoms with Gasteiger partial charge >= 0.3 is 5.97 Å². The summed E-state index contributed by atoms with van der Waals surface area (Å²) < 4.78 is 60.1. The second kappa shape index (κ2) is 18.7. The molecule has 0 saturated heterocycles. The lowest BCUT2D eigenvalue weighted by Crippen LogP contribution is -2.24. The van der Waals surface area contributed by atoms with Gasteiger partial charge in [-0.25, -0.2) is 8.42 Å². The number of sulfone groups is 1. The molecule has 0 amide bonds. The molecule has 0 heterocycles. The average Bonchev–Trinajstić information content (AvgIpc) is 2.66. The Balaban J connectivity index is 3.42. The van der Waals surface area contributed by atoms with Crippen molar-refractivity contribution in [2.75, 3.05) is 91.3 Å². The van der Waals surface area contributed by atoms with E-state index in [2.05, 4.69) is 0 Å². The molecule has 0 saturated carbocycles. The summed E-state index contributed by atoms with van der Waals surface area (Å²) in [6, 6.07) is 0. The fourth-order valence-corrected chi connectivity index (χ4v) is 2.98. The summed E-state index contributed by atoms with van der Waals surface area (Å²) in [6.07, 6.45) is 0.196. The molecule has 0 aliphatic heterocycles. The summed E-state index contributed by atoms with van der Waals surface area (Å²) in [7, 11) is -1.63. The fourth-order valence-electron chi connectivity index (χ4n) is 2.03. The Hall–Kier alpha value is -0.820. The molecule has 0 aliphatic carbocycles. The molecule has 0 unspecified atom stereocenters. The van der Waals surface area contributed by atoms with Crippen LogP contribution < -0.4 is 0 Å². The lowest BCUT2D eigenvalue weighted by atomic mass is 10.2. The summed E-state index contributed by atoms with van der Waals surface area (Å²) in [5.74, 6) is -0.407. The van der Waals surface area contributed by atoms with Gasteiger partial charge in [-0.3, -0.25) is 4.79 Å². The molecule has 0 rings (SSSR count). The monoisotopic (exact) mass is 472 g/mol. The maximum absolute atomic E-state index is 11.9. The first-order valence-corrected chi connectivity index (χ1v) is 12.3. The van der Waals surface area contributed by atoms with E-state index in [4.69, 9.17) is 33.2 Å². The largest absolute Gasteiger partial charge is 0.460 e. The molecule has 0 aromatic carbocycles. The Morgan fingerprint density at radius 1 is 0.645 bits per heavy atom. The van der Waals surface area contributed by atoms with Crippen molar-refractivity contribution in [3.8, 4) is 0 Å². The van der Waals surface area contributed by atoms with Crippen molar-refractivity contribution in [3.63, 3.8) is 0 Å². The first kappa shape index (κ1) is 30.2. The highest BCUT2D eigenvalue weighted by Crippen LogP contribution is 2.08. The van der Waals surface area contributed by atoms with Crippen molar-refractivity contribution in [2.24, 2.45) is 0 Å². The second-order valence-corrected chi connectivity index (χ2v) is 9.85. The van der Waals surface area contributed by atoms with Gasteiger partial charge < -0.3 is 33.2 Å². The Labute approximate surface area is 186 Å². The topological polar surface area (TPSA) is 116 Å². The lowest BCUT2D eigenvalue weighted by molar-refractivity contribution is -0.156. The predicted octanol–water partition coefficient (Wildman–Crippen LogP) is 0.862. The van der Waals surface area contributed by atoms with Gasteiger partial charge in [0.1, 0.15) is 5.60 Å². The van der Waals surface area contributed by atoms with Gasteiger partial charge in [0.2, 0.25) is 0 Å². The molecule has 0 fully saturated rings. The number of carbonyl (C=O) groups excluding carboxylic acids is 1. The number of rotatable bonds is 21. The summed E-state index contributed by atoms with van der Waals surface area (Å²) in [6.45, 7) is 9.06. The van der Waals surface area contributed by atoms with Gasteiger partial charge in [0.05, 0.1) is 90.6 Å². The van der Waals surface area contributed by atoms with Crippen LogP contribution in [0.25, 0.3) is 0 Å². The molecule has 0 aromatic heterocycles. The zero-order chi connectivity index (χ0) is 23.4. The van der Waals surface area contributed by atoms with Gasteiger partial charge in [-0.2, -0.15) is 0 Å². The molecule has 0 bridgehead atoms. The van der Waals surface area contributed by atoms with Crippen molar-refractivity contribution in [2.45, 2.75) is 32.8 Å². The number of hydrogen-bond donors (Lipinski definition) is 0. The minimum absolute atomic E-state index is 0.0500. The highest BCUT2D eigenvalue weighted by molar-refractivity contribution is 7.91. The van der Waals surface area contributed by atoms with Crippen molar-refractivity contribution >= 4 is 15.8 Å². The van der Waals surface area contributed by atoms with E-state index in [9.17, 15) is 13.2 Å². The van der Waals surface area contributed by atoms with Crippen LogP contribution in [0, 0.1) is 0 Å². The van der Waals surface area contributed by atoms with Gasteiger partial charge in [0.25, 0.3) is 0 Å². The van der Waals surface area contributed by atoms with Crippen molar-refractivity contribution < 1.29 is 46.4 Å². The van der Waals surface area contributed by atoms with Gasteiger partial charge in [0.15, 0.2) is 9.84 Å². The summed E-state index contributed by atoms with van der Waals surface area (Å²) in [5, 5.41) is 0. The molecule has 0 aromatic rings. The first-order valence-electron chi connectivity index (χ1n) is 10.5. The molecule has 0 spiro atoms. The molecule has 0 aliphatic rings. The van der Waals surface area contributed by atoms with E-state index in [-0.39, 0.29) is 43.7 Å². The lowest BCUT2D eigenvalue weighted by Gasteiger charge is -2.19. The van der Waals surface area contributed by atoms with Crippen LogP contribution >= 0.6 is 0 Å². The van der Waals surface area contributed by atoms with Gasteiger partial charge in [0, 0.05) is 7.11 Å². The number of ether oxygens (including phenoxy) is 7. The molecule has 0 atom stereocenters. The predicted molar refractivity (Wildman–Crippen MR) is 115 cm³/mol. The van der Waals surface area contributed by atoms with E-state index < -0.39 is 15.4 Å². The van der Waals surface area contributed by atoms with Gasteiger partial charge in [-0.15, -0.1) is 0 Å². The van der Waals surface area contributed by atoms with Crippen molar-refractivity contribution in [3.05, 3.63) is 0 Å². The van der Waals surface area contributed by atoms with Crippen LogP contribution in [0.15, 0.2) is 0 Å². The van der Waals surface area contributed by atoms with Gasteiger partial charge in [-0.05, 0) is 20.8 Å². The van der Waals surface area contributed by atoms with E-state index in [1.54, 1.807) is 7.11 Å². The summed E-state index contributed by atoms with van der Waals surface area (Å²) in [5.41, 5.74) is -0.493. The van der Waals surface area contributed by atoms with E-state index in [1.807, 2.05) is 20.8 Å². The molecule has 0 N–H and O–H groups in total. The third-order valence-electron chi connectivity index (χ3n) is 3.50. The van der Waals surface area contributed by atoms with E-state index in [0.29, 0.717) is 52.9 Å². The zero-order valence-electron chi connectivity index (χ0n) is 19.4. The standard InChI is InChI=1S/C20H40O10S/c1-20(2,3)30-19(21)5-6-25-9-10-27-12-14-29-16-18-31(22,23)17-15-28-13-11-26-8-7-24-4/h5-18H2,1-4H3. The van der Waals surface area contributed by atoms with Crippen LogP contribution in [0.4, 0.5) is 0 Å². The van der Waals surface area contributed by atoms with Crippen molar-refractivity contribution in [1.82, 2.24) is 0 Å². The number of esters is 1. The highest BCUT2D eigenvalue weighted by Gasteiger charge is 2.15. The zero-order valence-corrected chi connectivity index (χ0v) is 20.2. The molecule has 0 radical (unpaired) electrons. The molecular formula is C20H40O10S. The third kappa shape index (κ3) is 23.7. The minimum atomic E-state index is -3.22. The van der Waals surface area contributed by atoms with Crippen LogP contribution in [0.5, 0.6) is 0 Å². The third-order valence-corrected chi connectivity index (χ3v) is 5.07. The van der Waals surface area contributed by atoms with Gasteiger partial charge in [-0.1, -0.05) is 0 Å². The quantitative estimate of drug-likeness (QED) is 0.176. The van der Waals surface area contributed by atoms with Crippen LogP contribution in [-0.2, 0) is 47.8 Å². The van der Waals surface area contributed by atoms with Crippen LogP contribution in [0.3, 0.4) is 0 Å². The molecular weight excluding hydrogens is 432 g/mol. The number of hydrogen-bond acceptors (Lipinski definition) is 10. The van der Waals surface area contributed by atoms with E-state index in [0.717, 1.165) is 0 Å². The fraction of sp³-hybridized carbons (Fsp3) is 0.950. The number of methoxy groups -OCH3 is 1. The van der Waals surface area contributed by atoms with Crippen molar-refractivity contribution in [1.29, 1.82) is 0 Å². The smallest absolute Gasteiger partial charge is 0.308 e. The average molecular weight is 473 g/mol. The number of carbonyl (C=O) groups is 1. The van der Waals surface area contributed by atoms with Crippen LogP contribution in [0.1, 0.15) is 27.2 Å². The maximum Gasteiger partial charge on any atom is 0.308 e. The maximum atomic E-state index is 11.9. The molecule has 10 nitrogen and oxygen atoms in total. The SMILES string of the molecule is COCCOCCOCCS(=O)(=O)CCOCCOCCOCCC(=O)OC(C)(C)C. The molecule has 31 heavy (non-hydrogen) atoms. The van der Waals surface area contributed by atoms with Crippen LogP contribution in [0.2, 0.25) is 0 Å². The Kier molecular flexibility index (Phi) is 18.2. The summed E-state index contributed by atoms with van der Waals surface area (Å²) in [4.78, 5) is 11.5. The second-order valence-electron chi connectivity index (χ2n) is 7.54. The normalized spacial score (nSPS) is 12.3. The van der Waals surface area contributed by atoms with Crippen LogP contribution in [-0.4, -0.2) is 111 Å². The summed E-state index contributed by atoms with van der Waals surface area (Å²) >= 11 is 0. The first-order chi connectivity index (χ1) is 14.7. The van der Waals surface area contributed by atoms with E-state index in [1.165, 1.54) is 0 Å². The molecule has 186 valence electrons. The Morgan fingerprint density at radius 2 is 1.03 bits per heavy atom. The van der Waals surface area contributed by atoms with E-state index >= 15 is 0 Å².